The van der Waals surface area contributed by atoms with E-state index in [1.807, 2.05) is 0 Å². The third-order valence-corrected chi connectivity index (χ3v) is 3.80. The Kier molecular flexibility index (Phi) is 6.28. The second-order valence-corrected chi connectivity index (χ2v) is 5.19. The Morgan fingerprint density at radius 1 is 1.12 bits per heavy atom. The van der Waals surface area contributed by atoms with Crippen molar-refractivity contribution in [3.05, 3.63) is 35.4 Å². The first-order chi connectivity index (χ1) is 8.19. The van der Waals surface area contributed by atoms with Crippen molar-refractivity contribution in [1.82, 2.24) is 0 Å². The summed E-state index contributed by atoms with van der Waals surface area (Å²) < 4.78 is 0. The van der Waals surface area contributed by atoms with Gasteiger partial charge in [-0.1, -0.05) is 51.5 Å². The Bertz CT molecular complexity index is 302. The Morgan fingerprint density at radius 2 is 1.76 bits per heavy atom. The maximum atomic E-state index is 5.62. The molecule has 0 aliphatic rings. The molecule has 0 aliphatic carbocycles. The number of aryl methyl sites for hydroxylation is 1. The molecule has 0 bridgehead atoms. The van der Waals surface area contributed by atoms with E-state index in [9.17, 15) is 0 Å². The van der Waals surface area contributed by atoms with Gasteiger partial charge in [0.2, 0.25) is 0 Å². The van der Waals surface area contributed by atoms with Gasteiger partial charge in [-0.2, -0.15) is 0 Å². The second kappa shape index (κ2) is 7.50. The van der Waals surface area contributed by atoms with Crippen molar-refractivity contribution in [2.45, 2.75) is 52.4 Å². The highest BCUT2D eigenvalue weighted by molar-refractivity contribution is 5.25. The number of unbranched alkanes of at least 4 members (excludes halogenated alkanes) is 1. The normalized spacial score (nSPS) is 14.6. The van der Waals surface area contributed by atoms with Crippen LogP contribution in [-0.4, -0.2) is 6.54 Å². The van der Waals surface area contributed by atoms with Gasteiger partial charge in [0.15, 0.2) is 0 Å². The third kappa shape index (κ3) is 4.51. The Balaban J connectivity index is 2.60. The van der Waals surface area contributed by atoms with Crippen molar-refractivity contribution < 1.29 is 0 Å². The molecular formula is C16H27N. The van der Waals surface area contributed by atoms with E-state index < -0.39 is 0 Å². The van der Waals surface area contributed by atoms with E-state index in [1.54, 1.807) is 0 Å². The zero-order valence-corrected chi connectivity index (χ0v) is 11.6. The minimum Gasteiger partial charge on any atom is -0.330 e. The molecular weight excluding hydrogens is 206 g/mol. The van der Waals surface area contributed by atoms with E-state index in [-0.39, 0.29) is 0 Å². The van der Waals surface area contributed by atoms with Gasteiger partial charge in [-0.15, -0.1) is 0 Å². The molecule has 1 rings (SSSR count). The summed E-state index contributed by atoms with van der Waals surface area (Å²) in [5.74, 6) is 1.28. The lowest BCUT2D eigenvalue weighted by molar-refractivity contribution is 0.459. The summed E-state index contributed by atoms with van der Waals surface area (Å²) in [6, 6.07) is 9.17. The molecule has 2 unspecified atom stereocenters. The molecule has 0 fully saturated rings. The summed E-state index contributed by atoms with van der Waals surface area (Å²) in [7, 11) is 0. The van der Waals surface area contributed by atoms with E-state index in [0.717, 1.165) is 13.0 Å². The van der Waals surface area contributed by atoms with Crippen LogP contribution in [0.15, 0.2) is 24.3 Å². The quantitative estimate of drug-likeness (QED) is 0.753. The van der Waals surface area contributed by atoms with Crippen molar-refractivity contribution in [2.24, 2.45) is 11.7 Å². The molecule has 1 heteroatoms. The largest absolute Gasteiger partial charge is 0.330 e. The molecule has 0 saturated carbocycles. The smallest absolute Gasteiger partial charge is 0.00745 e. The SMILES string of the molecule is CCCCc1ccc(C(C)C(C)CCN)cc1. The predicted molar refractivity (Wildman–Crippen MR) is 76.3 cm³/mol. The third-order valence-electron chi connectivity index (χ3n) is 3.80. The fourth-order valence-corrected chi connectivity index (χ4v) is 2.21. The standard InChI is InChI=1S/C16H27N/c1-4-5-6-15-7-9-16(10-8-15)14(3)13(2)11-12-17/h7-10,13-14H,4-6,11-12,17H2,1-3H3. The van der Waals surface area contributed by atoms with Gasteiger partial charge in [-0.05, 0) is 48.8 Å². The molecule has 17 heavy (non-hydrogen) atoms. The second-order valence-electron chi connectivity index (χ2n) is 5.19. The molecule has 2 atom stereocenters. The molecule has 0 heterocycles. The van der Waals surface area contributed by atoms with E-state index in [2.05, 4.69) is 45.0 Å². The first-order valence-electron chi connectivity index (χ1n) is 6.98. The lowest BCUT2D eigenvalue weighted by Crippen LogP contribution is -2.12. The molecule has 0 saturated heterocycles. The van der Waals surface area contributed by atoms with Crippen molar-refractivity contribution in [3.8, 4) is 0 Å². The number of hydrogen-bond donors (Lipinski definition) is 1. The van der Waals surface area contributed by atoms with Gasteiger partial charge in [0.25, 0.3) is 0 Å². The van der Waals surface area contributed by atoms with E-state index in [0.29, 0.717) is 11.8 Å². The van der Waals surface area contributed by atoms with Crippen molar-refractivity contribution >= 4 is 0 Å². The summed E-state index contributed by atoms with van der Waals surface area (Å²) in [5.41, 5.74) is 8.54. The van der Waals surface area contributed by atoms with Crippen molar-refractivity contribution in [3.63, 3.8) is 0 Å². The summed E-state index contributed by atoms with van der Waals surface area (Å²) in [6.45, 7) is 7.63. The van der Waals surface area contributed by atoms with Crippen LogP contribution in [0, 0.1) is 5.92 Å². The van der Waals surface area contributed by atoms with Gasteiger partial charge in [-0.25, -0.2) is 0 Å². The van der Waals surface area contributed by atoms with Crippen LogP contribution in [0.5, 0.6) is 0 Å². The monoisotopic (exact) mass is 233 g/mol. The first-order valence-corrected chi connectivity index (χ1v) is 6.98. The van der Waals surface area contributed by atoms with Gasteiger partial charge in [0, 0.05) is 0 Å². The van der Waals surface area contributed by atoms with Gasteiger partial charge in [0.1, 0.15) is 0 Å². The lowest BCUT2D eigenvalue weighted by atomic mass is 9.86. The minimum absolute atomic E-state index is 0.610. The Hall–Kier alpha value is -0.820. The average Bonchev–Trinajstić information content (AvgIpc) is 2.36. The molecule has 0 amide bonds. The number of rotatable bonds is 7. The maximum Gasteiger partial charge on any atom is -0.00745 e. The van der Waals surface area contributed by atoms with Gasteiger partial charge < -0.3 is 5.73 Å². The summed E-state index contributed by atoms with van der Waals surface area (Å²) in [4.78, 5) is 0. The molecule has 96 valence electrons. The van der Waals surface area contributed by atoms with Crippen LogP contribution in [0.25, 0.3) is 0 Å². The topological polar surface area (TPSA) is 26.0 Å². The van der Waals surface area contributed by atoms with E-state index in [4.69, 9.17) is 5.73 Å². The Labute approximate surface area is 106 Å². The molecule has 0 aromatic heterocycles. The molecule has 1 aromatic rings. The minimum atomic E-state index is 0.610. The fraction of sp³-hybridized carbons (Fsp3) is 0.625. The van der Waals surface area contributed by atoms with Crippen LogP contribution >= 0.6 is 0 Å². The predicted octanol–water partition coefficient (Wildman–Crippen LogP) is 4.12. The van der Waals surface area contributed by atoms with Crippen LogP contribution in [0.2, 0.25) is 0 Å². The highest BCUT2D eigenvalue weighted by Gasteiger charge is 2.13. The van der Waals surface area contributed by atoms with Gasteiger partial charge >= 0.3 is 0 Å². The van der Waals surface area contributed by atoms with Crippen LogP contribution < -0.4 is 5.73 Å². The highest BCUT2D eigenvalue weighted by Crippen LogP contribution is 2.26. The fourth-order valence-electron chi connectivity index (χ4n) is 2.21. The highest BCUT2D eigenvalue weighted by atomic mass is 14.5. The number of nitrogens with two attached hydrogens (primary N) is 1. The maximum absolute atomic E-state index is 5.62. The van der Waals surface area contributed by atoms with Crippen LogP contribution in [0.1, 0.15) is 57.1 Å². The number of benzene rings is 1. The van der Waals surface area contributed by atoms with E-state index in [1.165, 1.54) is 30.4 Å². The van der Waals surface area contributed by atoms with Crippen LogP contribution in [0.4, 0.5) is 0 Å². The van der Waals surface area contributed by atoms with E-state index >= 15 is 0 Å². The molecule has 0 radical (unpaired) electrons. The zero-order chi connectivity index (χ0) is 12.7. The van der Waals surface area contributed by atoms with Crippen LogP contribution in [0.3, 0.4) is 0 Å². The molecule has 1 aromatic carbocycles. The van der Waals surface area contributed by atoms with Crippen molar-refractivity contribution in [2.75, 3.05) is 6.54 Å². The first kappa shape index (κ1) is 14.2. The van der Waals surface area contributed by atoms with Gasteiger partial charge in [-0.3, -0.25) is 0 Å². The molecule has 0 spiro atoms. The summed E-state index contributed by atoms with van der Waals surface area (Å²) >= 11 is 0. The van der Waals surface area contributed by atoms with Crippen molar-refractivity contribution in [1.29, 1.82) is 0 Å². The Morgan fingerprint density at radius 3 is 2.29 bits per heavy atom. The number of hydrogen-bond acceptors (Lipinski definition) is 1. The molecule has 2 N–H and O–H groups in total. The van der Waals surface area contributed by atoms with Crippen LogP contribution in [-0.2, 0) is 6.42 Å². The lowest BCUT2D eigenvalue weighted by Gasteiger charge is -2.20. The zero-order valence-electron chi connectivity index (χ0n) is 11.6. The van der Waals surface area contributed by atoms with Gasteiger partial charge in [0.05, 0.1) is 0 Å². The average molecular weight is 233 g/mol. The molecule has 0 aliphatic heterocycles. The molecule has 1 nitrogen and oxygen atoms in total. The summed E-state index contributed by atoms with van der Waals surface area (Å²) in [6.07, 6.45) is 4.88. The summed E-state index contributed by atoms with van der Waals surface area (Å²) in [5, 5.41) is 0.